The molecule has 0 N–H and O–H groups in total. The molecule has 1 heterocycles. The lowest BCUT2D eigenvalue weighted by Gasteiger charge is -2.30. The number of fused-ring (bicyclic) bond motifs is 1. The Hall–Kier alpha value is -1.51. The van der Waals surface area contributed by atoms with E-state index >= 15 is 0 Å². The van der Waals surface area contributed by atoms with Crippen molar-refractivity contribution in [2.24, 2.45) is 0 Å². The van der Waals surface area contributed by atoms with Crippen LogP contribution in [0.2, 0.25) is 0 Å². The minimum atomic E-state index is -0.387. The van der Waals surface area contributed by atoms with Crippen LogP contribution in [0.5, 0.6) is 5.75 Å². The second-order valence-electron chi connectivity index (χ2n) is 4.54. The number of amides is 1. The number of hydrogen-bond acceptors (Lipinski definition) is 2. The molecule has 0 spiro atoms. The molecule has 2 rings (SSSR count). The summed E-state index contributed by atoms with van der Waals surface area (Å²) in [5.41, 5.74) is 2.09. The van der Waals surface area contributed by atoms with Crippen LogP contribution in [0, 0.1) is 0 Å². The Bertz CT molecular complexity index is 426. The van der Waals surface area contributed by atoms with E-state index in [0.717, 1.165) is 11.4 Å². The first-order valence-corrected chi connectivity index (χ1v) is 5.59. The Labute approximate surface area is 96.0 Å². The van der Waals surface area contributed by atoms with Gasteiger partial charge in [-0.2, -0.15) is 0 Å². The van der Waals surface area contributed by atoms with Crippen molar-refractivity contribution in [1.29, 1.82) is 0 Å². The number of nitrogens with zero attached hydrogens (tertiary/aromatic N) is 1. The average molecular weight is 219 g/mol. The van der Waals surface area contributed by atoms with E-state index in [9.17, 15) is 4.79 Å². The molecule has 0 saturated heterocycles. The van der Waals surface area contributed by atoms with Gasteiger partial charge in [-0.05, 0) is 30.5 Å². The molecule has 1 unspecified atom stereocenters. The fourth-order valence-electron chi connectivity index (χ4n) is 1.89. The number of ether oxygens (including phenoxy) is 1. The van der Waals surface area contributed by atoms with Gasteiger partial charge >= 0.3 is 0 Å². The van der Waals surface area contributed by atoms with Crippen LogP contribution in [0.15, 0.2) is 18.2 Å². The number of likely N-dealkylation sites (N-methyl/N-ethyl adjacent to an activating group) is 1. The van der Waals surface area contributed by atoms with Gasteiger partial charge in [0.25, 0.3) is 5.91 Å². The lowest BCUT2D eigenvalue weighted by atomic mass is 10.0. The van der Waals surface area contributed by atoms with Gasteiger partial charge in [-0.1, -0.05) is 19.9 Å². The molecule has 3 nitrogen and oxygen atoms in total. The minimum Gasteiger partial charge on any atom is -0.479 e. The molecule has 0 radical (unpaired) electrons. The smallest absolute Gasteiger partial charge is 0.267 e. The third kappa shape index (κ3) is 1.66. The number of carbonyl (C=O) groups excluding carboxylic acids is 1. The molecule has 1 atom stereocenters. The van der Waals surface area contributed by atoms with E-state index in [-0.39, 0.29) is 12.0 Å². The van der Waals surface area contributed by atoms with Crippen molar-refractivity contribution in [3.63, 3.8) is 0 Å². The molecule has 1 aromatic carbocycles. The van der Waals surface area contributed by atoms with Crippen molar-refractivity contribution in [3.05, 3.63) is 23.8 Å². The second kappa shape index (κ2) is 3.81. The second-order valence-corrected chi connectivity index (χ2v) is 4.54. The highest BCUT2D eigenvalue weighted by molar-refractivity contribution is 5.99. The molecule has 0 saturated carbocycles. The Morgan fingerprint density at radius 2 is 2.06 bits per heavy atom. The van der Waals surface area contributed by atoms with Crippen LogP contribution in [0.4, 0.5) is 5.69 Å². The normalized spacial score (nSPS) is 19.7. The fourth-order valence-corrected chi connectivity index (χ4v) is 1.89. The standard InChI is InChI=1S/C13H17NO2/c1-8(2)10-5-6-12-11(7-10)14(4)13(15)9(3)16-12/h5-9H,1-4H3. The first kappa shape index (κ1) is 11.0. The molecule has 16 heavy (non-hydrogen) atoms. The van der Waals surface area contributed by atoms with Gasteiger partial charge in [-0.15, -0.1) is 0 Å². The van der Waals surface area contributed by atoms with Crippen LogP contribution in [0.3, 0.4) is 0 Å². The predicted octanol–water partition coefficient (Wildman–Crippen LogP) is 2.55. The average Bonchev–Trinajstić information content (AvgIpc) is 2.25. The third-order valence-electron chi connectivity index (χ3n) is 2.99. The Kier molecular flexibility index (Phi) is 2.62. The van der Waals surface area contributed by atoms with E-state index < -0.39 is 0 Å². The zero-order chi connectivity index (χ0) is 11.9. The van der Waals surface area contributed by atoms with E-state index in [0.29, 0.717) is 5.92 Å². The van der Waals surface area contributed by atoms with Crippen molar-refractivity contribution in [3.8, 4) is 5.75 Å². The van der Waals surface area contributed by atoms with Crippen molar-refractivity contribution >= 4 is 11.6 Å². The molecular formula is C13H17NO2. The molecule has 1 amide bonds. The molecule has 0 bridgehead atoms. The van der Waals surface area contributed by atoms with Crippen LogP contribution < -0.4 is 9.64 Å². The highest BCUT2D eigenvalue weighted by Crippen LogP contribution is 2.35. The van der Waals surface area contributed by atoms with Crippen LogP contribution in [0.1, 0.15) is 32.3 Å². The molecule has 1 aromatic rings. The summed E-state index contributed by atoms with van der Waals surface area (Å²) < 4.78 is 5.56. The Balaban J connectivity index is 2.46. The van der Waals surface area contributed by atoms with E-state index in [1.807, 2.05) is 12.1 Å². The van der Waals surface area contributed by atoms with Gasteiger partial charge in [0.15, 0.2) is 6.10 Å². The number of rotatable bonds is 1. The summed E-state index contributed by atoms with van der Waals surface area (Å²) >= 11 is 0. The summed E-state index contributed by atoms with van der Waals surface area (Å²) in [6.45, 7) is 6.05. The van der Waals surface area contributed by atoms with Gasteiger partial charge in [-0.25, -0.2) is 0 Å². The van der Waals surface area contributed by atoms with E-state index in [2.05, 4.69) is 19.9 Å². The highest BCUT2D eigenvalue weighted by Gasteiger charge is 2.28. The first-order valence-electron chi connectivity index (χ1n) is 5.59. The van der Waals surface area contributed by atoms with E-state index in [4.69, 9.17) is 4.74 Å². The van der Waals surface area contributed by atoms with Gasteiger partial charge in [0.1, 0.15) is 5.75 Å². The predicted molar refractivity (Wildman–Crippen MR) is 64.0 cm³/mol. The highest BCUT2D eigenvalue weighted by atomic mass is 16.5. The van der Waals surface area contributed by atoms with Crippen LogP contribution in [0.25, 0.3) is 0 Å². The first-order chi connectivity index (χ1) is 7.50. The molecule has 0 aromatic heterocycles. The summed E-state index contributed by atoms with van der Waals surface area (Å²) in [6.07, 6.45) is -0.387. The maximum absolute atomic E-state index is 11.8. The molecular weight excluding hydrogens is 202 g/mol. The molecule has 1 aliphatic heterocycles. The molecule has 0 fully saturated rings. The fraction of sp³-hybridized carbons (Fsp3) is 0.462. The van der Waals surface area contributed by atoms with E-state index in [1.165, 1.54) is 5.56 Å². The SMILES string of the molecule is CC1Oc2ccc(C(C)C)cc2N(C)C1=O. The lowest BCUT2D eigenvalue weighted by Crippen LogP contribution is -2.42. The van der Waals surface area contributed by atoms with E-state index in [1.54, 1.807) is 18.9 Å². The zero-order valence-corrected chi connectivity index (χ0v) is 10.2. The van der Waals surface area contributed by atoms with Crippen LogP contribution >= 0.6 is 0 Å². The van der Waals surface area contributed by atoms with Crippen LogP contribution in [-0.2, 0) is 4.79 Å². The van der Waals surface area contributed by atoms with Crippen molar-refractivity contribution in [2.45, 2.75) is 32.8 Å². The largest absolute Gasteiger partial charge is 0.479 e. The molecule has 3 heteroatoms. The van der Waals surface area contributed by atoms with Gasteiger partial charge in [0, 0.05) is 7.05 Å². The van der Waals surface area contributed by atoms with Crippen molar-refractivity contribution in [1.82, 2.24) is 0 Å². The summed E-state index contributed by atoms with van der Waals surface area (Å²) in [5, 5.41) is 0. The lowest BCUT2D eigenvalue weighted by molar-refractivity contribution is -0.125. The van der Waals surface area contributed by atoms with Gasteiger partial charge in [0.05, 0.1) is 5.69 Å². The molecule has 0 aliphatic carbocycles. The maximum atomic E-state index is 11.8. The Morgan fingerprint density at radius 3 is 2.69 bits per heavy atom. The van der Waals surface area contributed by atoms with Gasteiger partial charge < -0.3 is 9.64 Å². The topological polar surface area (TPSA) is 29.5 Å². The quantitative estimate of drug-likeness (QED) is 0.726. The van der Waals surface area contributed by atoms with Crippen molar-refractivity contribution < 1.29 is 9.53 Å². The summed E-state index contributed by atoms with van der Waals surface area (Å²) in [6, 6.07) is 6.04. The number of hydrogen-bond donors (Lipinski definition) is 0. The maximum Gasteiger partial charge on any atom is 0.267 e. The van der Waals surface area contributed by atoms with Gasteiger partial charge in [-0.3, -0.25) is 4.79 Å². The van der Waals surface area contributed by atoms with Gasteiger partial charge in [0.2, 0.25) is 0 Å². The number of anilines is 1. The monoisotopic (exact) mass is 219 g/mol. The molecule has 1 aliphatic rings. The van der Waals surface area contributed by atoms with Crippen LogP contribution in [-0.4, -0.2) is 19.1 Å². The number of carbonyl (C=O) groups is 1. The summed E-state index contributed by atoms with van der Waals surface area (Å²) in [5.74, 6) is 1.25. The Morgan fingerprint density at radius 1 is 1.38 bits per heavy atom. The summed E-state index contributed by atoms with van der Waals surface area (Å²) in [7, 11) is 1.80. The summed E-state index contributed by atoms with van der Waals surface area (Å²) in [4.78, 5) is 13.4. The zero-order valence-electron chi connectivity index (χ0n) is 10.2. The number of benzene rings is 1. The minimum absolute atomic E-state index is 0.00778. The third-order valence-corrected chi connectivity index (χ3v) is 2.99. The molecule has 86 valence electrons. The van der Waals surface area contributed by atoms with Crippen molar-refractivity contribution in [2.75, 3.05) is 11.9 Å².